The topological polar surface area (TPSA) is 91.0 Å². The molecule has 0 unspecified atom stereocenters. The third-order valence-corrected chi connectivity index (χ3v) is 3.70. The van der Waals surface area contributed by atoms with Crippen LogP contribution in [0.25, 0.3) is 0 Å². The Morgan fingerprint density at radius 1 is 1.12 bits per heavy atom. The molecule has 0 heterocycles. The number of hydrogen-bond acceptors (Lipinski definition) is 5. The van der Waals surface area contributed by atoms with Crippen LogP contribution in [0.5, 0.6) is 11.5 Å². The highest BCUT2D eigenvalue weighted by atomic mass is 19.1. The van der Waals surface area contributed by atoms with Gasteiger partial charge in [0, 0.05) is 26.0 Å². The van der Waals surface area contributed by atoms with Gasteiger partial charge in [-0.15, -0.1) is 0 Å². The summed E-state index contributed by atoms with van der Waals surface area (Å²) in [5.41, 5.74) is 6.34. The molecule has 3 N–H and O–H groups in total. The Balaban J connectivity index is 1.71. The number of nitrogens with two attached hydrogens (primary N) is 1. The van der Waals surface area contributed by atoms with Crippen molar-refractivity contribution in [2.24, 2.45) is 0 Å². The molecule has 140 valence electrons. The normalized spacial score (nSPS) is 11.8. The molecular formula is C19H22FNO5. The Morgan fingerprint density at radius 2 is 1.73 bits per heavy atom. The minimum absolute atomic E-state index is 0.0873. The second-order valence-corrected chi connectivity index (χ2v) is 5.64. The number of ether oxygens (including phenoxy) is 3. The van der Waals surface area contributed by atoms with Crippen molar-refractivity contribution in [3.05, 3.63) is 53.8 Å². The average molecular weight is 363 g/mol. The maximum Gasteiger partial charge on any atom is 0.333 e. The van der Waals surface area contributed by atoms with E-state index in [0.29, 0.717) is 31.1 Å². The van der Waals surface area contributed by atoms with Gasteiger partial charge in [0.1, 0.15) is 17.3 Å². The Hall–Kier alpha value is -2.80. The van der Waals surface area contributed by atoms with Crippen LogP contribution in [0, 0.1) is 5.82 Å². The summed E-state index contributed by atoms with van der Waals surface area (Å²) in [4.78, 5) is 11.0. The molecule has 7 heteroatoms. The van der Waals surface area contributed by atoms with E-state index in [2.05, 4.69) is 0 Å². The lowest BCUT2D eigenvalue weighted by Gasteiger charge is -2.11. The highest BCUT2D eigenvalue weighted by Gasteiger charge is 2.16. The summed E-state index contributed by atoms with van der Waals surface area (Å²) < 4.78 is 29.2. The van der Waals surface area contributed by atoms with Crippen molar-refractivity contribution < 1.29 is 28.5 Å². The zero-order valence-electron chi connectivity index (χ0n) is 14.5. The number of halogens is 1. The Morgan fingerprint density at radius 3 is 2.31 bits per heavy atom. The van der Waals surface area contributed by atoms with Crippen LogP contribution in [0.15, 0.2) is 42.5 Å². The largest absolute Gasteiger partial charge is 0.493 e. The van der Waals surface area contributed by atoms with E-state index in [1.807, 2.05) is 0 Å². The number of carboxylic acids is 1. The van der Waals surface area contributed by atoms with Gasteiger partial charge in [-0.05, 0) is 29.8 Å². The molecule has 2 rings (SSSR count). The molecule has 0 spiro atoms. The summed E-state index contributed by atoms with van der Waals surface area (Å²) in [6.45, 7) is 0.822. The lowest BCUT2D eigenvalue weighted by Crippen LogP contribution is -2.24. The van der Waals surface area contributed by atoms with E-state index in [9.17, 15) is 9.18 Å². The summed E-state index contributed by atoms with van der Waals surface area (Å²) in [6.07, 6.45) is 0.0495. The molecule has 0 radical (unpaired) electrons. The molecule has 2 aromatic carbocycles. The third kappa shape index (κ3) is 5.93. The number of benzene rings is 2. The van der Waals surface area contributed by atoms with E-state index in [0.717, 1.165) is 5.56 Å². The summed E-state index contributed by atoms with van der Waals surface area (Å²) in [5.74, 6) is -0.394. The van der Waals surface area contributed by atoms with E-state index in [1.54, 1.807) is 30.3 Å². The molecule has 0 aliphatic carbocycles. The highest BCUT2D eigenvalue weighted by Crippen LogP contribution is 2.18. The number of rotatable bonds is 10. The zero-order chi connectivity index (χ0) is 18.9. The van der Waals surface area contributed by atoms with Gasteiger partial charge >= 0.3 is 5.97 Å². The predicted molar refractivity (Wildman–Crippen MR) is 95.0 cm³/mol. The summed E-state index contributed by atoms with van der Waals surface area (Å²) >= 11 is 0. The van der Waals surface area contributed by atoms with Crippen molar-refractivity contribution in [3.8, 4) is 11.5 Å². The van der Waals surface area contributed by atoms with Crippen molar-refractivity contribution in [2.45, 2.75) is 18.9 Å². The van der Waals surface area contributed by atoms with E-state index >= 15 is 0 Å². The van der Waals surface area contributed by atoms with Crippen molar-refractivity contribution in [1.82, 2.24) is 0 Å². The molecule has 1 atom stereocenters. The number of aliphatic carboxylic acids is 1. The minimum Gasteiger partial charge on any atom is -0.493 e. The molecule has 0 aliphatic rings. The number of carbonyl (C=O) groups is 1. The smallest absolute Gasteiger partial charge is 0.333 e. The number of methoxy groups -OCH3 is 1. The molecule has 26 heavy (non-hydrogen) atoms. The number of anilines is 1. The molecule has 2 aromatic rings. The molecular weight excluding hydrogens is 341 g/mol. The fraction of sp³-hybridized carbons (Fsp3) is 0.316. The van der Waals surface area contributed by atoms with Crippen molar-refractivity contribution in [2.75, 3.05) is 26.1 Å². The lowest BCUT2D eigenvalue weighted by molar-refractivity contribution is -0.148. The van der Waals surface area contributed by atoms with Crippen LogP contribution < -0.4 is 15.2 Å². The fourth-order valence-corrected chi connectivity index (χ4v) is 2.24. The van der Waals surface area contributed by atoms with Crippen molar-refractivity contribution in [3.63, 3.8) is 0 Å². The first-order valence-electron chi connectivity index (χ1n) is 8.14. The van der Waals surface area contributed by atoms with Gasteiger partial charge < -0.3 is 25.1 Å². The fourth-order valence-electron chi connectivity index (χ4n) is 2.24. The number of hydrogen-bond donors (Lipinski definition) is 2. The SMILES string of the molecule is CO[C@@H](Cc1ccc(OCCCOc2ccc(N)c(F)c2)cc1)C(=O)O. The maximum atomic E-state index is 13.3. The lowest BCUT2D eigenvalue weighted by atomic mass is 10.1. The van der Waals surface area contributed by atoms with Crippen molar-refractivity contribution in [1.29, 1.82) is 0 Å². The van der Waals surface area contributed by atoms with E-state index in [1.165, 1.54) is 19.2 Å². The van der Waals surface area contributed by atoms with Gasteiger partial charge in [0.2, 0.25) is 0 Å². The summed E-state index contributed by atoms with van der Waals surface area (Å²) in [7, 11) is 1.37. The second kappa shape index (κ2) is 9.62. The van der Waals surface area contributed by atoms with Gasteiger partial charge in [-0.2, -0.15) is 0 Å². The Kier molecular flexibility index (Phi) is 7.23. The first-order chi connectivity index (χ1) is 12.5. The van der Waals surface area contributed by atoms with E-state index in [-0.39, 0.29) is 12.1 Å². The van der Waals surface area contributed by atoms with E-state index in [4.69, 9.17) is 25.1 Å². The third-order valence-electron chi connectivity index (χ3n) is 3.70. The molecule has 0 bridgehead atoms. The van der Waals surface area contributed by atoms with Gasteiger partial charge in [0.15, 0.2) is 6.10 Å². The molecule has 6 nitrogen and oxygen atoms in total. The van der Waals surface area contributed by atoms with Gasteiger partial charge in [-0.3, -0.25) is 0 Å². The van der Waals surface area contributed by atoms with Gasteiger partial charge in [-0.1, -0.05) is 12.1 Å². The van der Waals surface area contributed by atoms with Gasteiger partial charge in [-0.25, -0.2) is 9.18 Å². The molecule has 0 aliphatic heterocycles. The Labute approximate surface area is 151 Å². The highest BCUT2D eigenvalue weighted by molar-refractivity contribution is 5.72. The zero-order valence-corrected chi connectivity index (χ0v) is 14.5. The van der Waals surface area contributed by atoms with Gasteiger partial charge in [0.05, 0.1) is 18.9 Å². The van der Waals surface area contributed by atoms with Crippen LogP contribution in [0.1, 0.15) is 12.0 Å². The predicted octanol–water partition coefficient (Wildman–Crippen LogP) is 2.90. The number of carboxylic acid groups (broad SMARTS) is 1. The van der Waals surface area contributed by atoms with Crippen LogP contribution in [0.4, 0.5) is 10.1 Å². The standard InChI is InChI=1S/C19H22FNO5/c1-24-18(19(22)23)11-13-3-5-14(6-4-13)25-9-2-10-26-15-7-8-17(21)16(20)12-15/h3-8,12,18H,2,9-11,21H2,1H3,(H,22,23)/t18-/m0/s1. The van der Waals surface area contributed by atoms with Crippen LogP contribution in [-0.4, -0.2) is 37.5 Å². The average Bonchev–Trinajstić information content (AvgIpc) is 2.63. The quantitative estimate of drug-likeness (QED) is 0.498. The van der Waals surface area contributed by atoms with Crippen molar-refractivity contribution >= 4 is 11.7 Å². The van der Waals surface area contributed by atoms with E-state index < -0.39 is 17.9 Å². The molecule has 0 fully saturated rings. The minimum atomic E-state index is -0.992. The van der Waals surface area contributed by atoms with Crippen LogP contribution in [0.3, 0.4) is 0 Å². The Bertz CT molecular complexity index is 720. The van der Waals surface area contributed by atoms with Crippen LogP contribution in [0.2, 0.25) is 0 Å². The summed E-state index contributed by atoms with van der Waals surface area (Å²) in [5, 5.41) is 8.98. The maximum absolute atomic E-state index is 13.3. The molecule has 0 saturated heterocycles. The monoisotopic (exact) mass is 363 g/mol. The summed E-state index contributed by atoms with van der Waals surface area (Å²) in [6, 6.07) is 11.5. The first kappa shape index (κ1) is 19.5. The molecule has 0 saturated carbocycles. The number of nitrogen functional groups attached to an aromatic ring is 1. The molecule has 0 amide bonds. The van der Waals surface area contributed by atoms with Crippen LogP contribution >= 0.6 is 0 Å². The molecule has 0 aromatic heterocycles. The first-order valence-corrected chi connectivity index (χ1v) is 8.14. The second-order valence-electron chi connectivity index (χ2n) is 5.64. The van der Waals surface area contributed by atoms with Gasteiger partial charge in [0.25, 0.3) is 0 Å². The van der Waals surface area contributed by atoms with Crippen LogP contribution in [-0.2, 0) is 16.0 Å².